The minimum atomic E-state index is -3.68. The second-order valence-electron chi connectivity index (χ2n) is 7.92. The number of aryl methyl sites for hydroxylation is 1. The van der Waals surface area contributed by atoms with Gasteiger partial charge < -0.3 is 14.2 Å². The normalized spacial score (nSPS) is 15.0. The predicted molar refractivity (Wildman–Crippen MR) is 130 cm³/mol. The second-order valence-corrected chi connectivity index (χ2v) is 10.2. The molecule has 1 aliphatic rings. The number of hydrogen-bond donors (Lipinski definition) is 0. The first-order chi connectivity index (χ1) is 16.0. The van der Waals surface area contributed by atoms with Gasteiger partial charge in [-0.05, 0) is 54.8 Å². The molecule has 0 aromatic heterocycles. The molecule has 0 N–H and O–H groups in total. The van der Waals surface area contributed by atoms with Crippen LogP contribution in [0.2, 0.25) is 0 Å². The van der Waals surface area contributed by atoms with Crippen molar-refractivity contribution in [2.45, 2.75) is 24.3 Å². The lowest BCUT2D eigenvalue weighted by Gasteiger charge is -2.28. The number of rotatable bonds is 12. The number of sulfonamides is 1. The average molecular weight is 497 g/mol. The Morgan fingerprint density at radius 1 is 1.00 bits per heavy atom. The van der Waals surface area contributed by atoms with E-state index in [4.69, 9.17) is 25.8 Å². The molecule has 9 heteroatoms. The number of halogens is 1. The standard InChI is InChI=1S/C24H33ClN2O5S/c1-30-23-9-6-21(18-24(23)31-2)19-27(13-3-12-26-14-16-32-17-15-26)33(28,29)22-7-4-20(5-8-22)10-11-25/h4-9,18H,3,10-17,19H2,1-2H3. The van der Waals surface area contributed by atoms with Crippen molar-refractivity contribution in [1.29, 1.82) is 0 Å². The molecule has 7 nitrogen and oxygen atoms in total. The first kappa shape index (κ1) is 25.8. The van der Waals surface area contributed by atoms with Gasteiger partial charge in [-0.15, -0.1) is 11.6 Å². The quantitative estimate of drug-likeness (QED) is 0.419. The molecule has 1 heterocycles. The molecule has 0 unspecified atom stereocenters. The zero-order valence-corrected chi connectivity index (χ0v) is 20.9. The lowest BCUT2D eigenvalue weighted by Crippen LogP contribution is -2.39. The summed E-state index contributed by atoms with van der Waals surface area (Å²) in [5.74, 6) is 1.68. The molecule has 1 aliphatic heterocycles. The van der Waals surface area contributed by atoms with E-state index in [0.29, 0.717) is 30.3 Å². The van der Waals surface area contributed by atoms with Crippen molar-refractivity contribution in [3.8, 4) is 11.5 Å². The van der Waals surface area contributed by atoms with Gasteiger partial charge in [0.2, 0.25) is 10.0 Å². The van der Waals surface area contributed by atoms with E-state index >= 15 is 0 Å². The number of benzene rings is 2. The maximum absolute atomic E-state index is 13.6. The van der Waals surface area contributed by atoms with Crippen LogP contribution in [0.1, 0.15) is 17.5 Å². The summed E-state index contributed by atoms with van der Waals surface area (Å²) in [5, 5.41) is 0. The SMILES string of the molecule is COc1ccc(CN(CCCN2CCOCC2)S(=O)(=O)c2ccc(CCCl)cc2)cc1OC. The van der Waals surface area contributed by atoms with Crippen molar-refractivity contribution in [3.63, 3.8) is 0 Å². The van der Waals surface area contributed by atoms with Gasteiger partial charge in [0.05, 0.1) is 32.3 Å². The number of alkyl halides is 1. The van der Waals surface area contributed by atoms with Gasteiger partial charge >= 0.3 is 0 Å². The van der Waals surface area contributed by atoms with Gasteiger partial charge in [-0.1, -0.05) is 18.2 Å². The highest BCUT2D eigenvalue weighted by Crippen LogP contribution is 2.29. The van der Waals surface area contributed by atoms with Gasteiger partial charge in [-0.2, -0.15) is 4.31 Å². The largest absolute Gasteiger partial charge is 0.493 e. The molecular weight excluding hydrogens is 464 g/mol. The first-order valence-corrected chi connectivity index (χ1v) is 13.1. The Morgan fingerprint density at radius 2 is 1.67 bits per heavy atom. The van der Waals surface area contributed by atoms with Crippen LogP contribution in [0.25, 0.3) is 0 Å². The van der Waals surface area contributed by atoms with Gasteiger partial charge in [-0.25, -0.2) is 8.42 Å². The average Bonchev–Trinajstić information content (AvgIpc) is 2.84. The van der Waals surface area contributed by atoms with E-state index in [2.05, 4.69) is 4.90 Å². The molecule has 1 fully saturated rings. The maximum atomic E-state index is 13.6. The third-order valence-electron chi connectivity index (χ3n) is 5.74. The number of nitrogens with zero attached hydrogens (tertiary/aromatic N) is 2. The molecule has 2 aromatic carbocycles. The lowest BCUT2D eigenvalue weighted by atomic mass is 10.2. The van der Waals surface area contributed by atoms with E-state index in [-0.39, 0.29) is 11.4 Å². The molecule has 0 bridgehead atoms. The molecule has 0 atom stereocenters. The highest BCUT2D eigenvalue weighted by atomic mass is 35.5. The number of hydrogen-bond acceptors (Lipinski definition) is 6. The monoisotopic (exact) mass is 496 g/mol. The van der Waals surface area contributed by atoms with E-state index in [1.165, 1.54) is 0 Å². The zero-order chi connectivity index (χ0) is 23.7. The molecule has 1 saturated heterocycles. The Bertz CT molecular complexity index is 979. The molecule has 3 rings (SSSR count). The second kappa shape index (κ2) is 12.6. The molecule has 0 amide bonds. The maximum Gasteiger partial charge on any atom is 0.243 e. The highest BCUT2D eigenvalue weighted by molar-refractivity contribution is 7.89. The van der Waals surface area contributed by atoms with Crippen molar-refractivity contribution in [2.75, 3.05) is 59.5 Å². The number of morpholine rings is 1. The Morgan fingerprint density at radius 3 is 2.30 bits per heavy atom. The third-order valence-corrected chi connectivity index (χ3v) is 7.79. The van der Waals surface area contributed by atoms with Gasteiger partial charge in [0.15, 0.2) is 11.5 Å². The van der Waals surface area contributed by atoms with Crippen LogP contribution in [0.15, 0.2) is 47.4 Å². The molecule has 2 aromatic rings. The number of ether oxygens (including phenoxy) is 3. The van der Waals surface area contributed by atoms with E-state index in [1.54, 1.807) is 36.7 Å². The summed E-state index contributed by atoms with van der Waals surface area (Å²) in [5.41, 5.74) is 1.85. The van der Waals surface area contributed by atoms with Crippen molar-refractivity contribution >= 4 is 21.6 Å². The van der Waals surface area contributed by atoms with E-state index in [0.717, 1.165) is 50.4 Å². The molecule has 33 heavy (non-hydrogen) atoms. The minimum absolute atomic E-state index is 0.245. The van der Waals surface area contributed by atoms with Crippen molar-refractivity contribution in [3.05, 3.63) is 53.6 Å². The smallest absolute Gasteiger partial charge is 0.243 e. The van der Waals surface area contributed by atoms with Crippen LogP contribution in [-0.2, 0) is 27.7 Å². The van der Waals surface area contributed by atoms with Crippen molar-refractivity contribution in [1.82, 2.24) is 9.21 Å². The predicted octanol–water partition coefficient (Wildman–Crippen LogP) is 3.40. The summed E-state index contributed by atoms with van der Waals surface area (Å²) in [7, 11) is -0.537. The Kier molecular flexibility index (Phi) is 9.82. The molecular formula is C24H33ClN2O5S. The Labute approximate surface area is 202 Å². The van der Waals surface area contributed by atoms with Gasteiger partial charge in [-0.3, -0.25) is 4.90 Å². The summed E-state index contributed by atoms with van der Waals surface area (Å²) in [4.78, 5) is 2.60. The van der Waals surface area contributed by atoms with E-state index in [9.17, 15) is 8.42 Å². The molecule has 182 valence electrons. The van der Waals surface area contributed by atoms with Gasteiger partial charge in [0.25, 0.3) is 0 Å². The van der Waals surface area contributed by atoms with Crippen LogP contribution in [-0.4, -0.2) is 77.1 Å². The summed E-state index contributed by atoms with van der Waals surface area (Å²) >= 11 is 5.82. The fourth-order valence-electron chi connectivity index (χ4n) is 3.85. The Balaban J connectivity index is 1.80. The van der Waals surface area contributed by atoms with Crippen molar-refractivity contribution in [2.24, 2.45) is 0 Å². The van der Waals surface area contributed by atoms with E-state index < -0.39 is 10.0 Å². The molecule has 0 radical (unpaired) electrons. The van der Waals surface area contributed by atoms with Crippen molar-refractivity contribution < 1.29 is 22.6 Å². The summed E-state index contributed by atoms with van der Waals surface area (Å²) < 4.78 is 44.8. The van der Waals surface area contributed by atoms with Crippen LogP contribution >= 0.6 is 11.6 Å². The molecule has 0 spiro atoms. The van der Waals surface area contributed by atoms with Crippen LogP contribution in [0.4, 0.5) is 0 Å². The molecule has 0 saturated carbocycles. The summed E-state index contributed by atoms with van der Waals surface area (Å²) in [6.45, 7) is 4.70. The summed E-state index contributed by atoms with van der Waals surface area (Å²) in [6.07, 6.45) is 1.44. The third kappa shape index (κ3) is 7.07. The van der Waals surface area contributed by atoms with Gasteiger partial charge in [0.1, 0.15) is 0 Å². The lowest BCUT2D eigenvalue weighted by molar-refractivity contribution is 0.0368. The van der Waals surface area contributed by atoms with Crippen LogP contribution in [0, 0.1) is 0 Å². The zero-order valence-electron chi connectivity index (χ0n) is 19.3. The van der Waals surface area contributed by atoms with Gasteiger partial charge in [0, 0.05) is 32.1 Å². The van der Waals surface area contributed by atoms with Crippen LogP contribution < -0.4 is 9.47 Å². The van der Waals surface area contributed by atoms with E-state index in [1.807, 2.05) is 24.3 Å². The Hall–Kier alpha value is -1.84. The fraction of sp³-hybridized carbons (Fsp3) is 0.500. The van der Waals surface area contributed by atoms with Crippen LogP contribution in [0.5, 0.6) is 11.5 Å². The summed E-state index contributed by atoms with van der Waals surface area (Å²) in [6, 6.07) is 12.5. The molecule has 0 aliphatic carbocycles. The van der Waals surface area contributed by atoms with Crippen LogP contribution in [0.3, 0.4) is 0 Å². The highest BCUT2D eigenvalue weighted by Gasteiger charge is 2.25. The number of methoxy groups -OCH3 is 2. The fourth-order valence-corrected chi connectivity index (χ4v) is 5.53. The minimum Gasteiger partial charge on any atom is -0.493 e. The topological polar surface area (TPSA) is 68.3 Å². The first-order valence-electron chi connectivity index (χ1n) is 11.1.